The summed E-state index contributed by atoms with van der Waals surface area (Å²) in [6, 6.07) is 0.453. The zero-order valence-electron chi connectivity index (χ0n) is 10.3. The molecule has 1 aliphatic rings. The lowest BCUT2D eigenvalue weighted by molar-refractivity contribution is -0.0348. The van der Waals surface area contributed by atoms with E-state index in [9.17, 15) is 5.11 Å². The average molecular weight is 215 g/mol. The van der Waals surface area contributed by atoms with Gasteiger partial charge in [-0.2, -0.15) is 0 Å². The third kappa shape index (κ3) is 4.09. The van der Waals surface area contributed by atoms with Crippen LogP contribution < -0.4 is 5.32 Å². The van der Waals surface area contributed by atoms with Gasteiger partial charge in [-0.15, -0.1) is 0 Å². The first-order valence-corrected chi connectivity index (χ1v) is 6.02. The average Bonchev–Trinajstić information content (AvgIpc) is 2.14. The van der Waals surface area contributed by atoms with Crippen molar-refractivity contribution in [3.63, 3.8) is 0 Å². The Morgan fingerprint density at radius 1 is 1.40 bits per heavy atom. The molecule has 3 heteroatoms. The summed E-state index contributed by atoms with van der Waals surface area (Å²) < 4.78 is 5.09. The second-order valence-electron chi connectivity index (χ2n) is 5.09. The van der Waals surface area contributed by atoms with E-state index in [1.165, 1.54) is 6.42 Å². The van der Waals surface area contributed by atoms with E-state index in [-0.39, 0.29) is 0 Å². The molecule has 2 N–H and O–H groups in total. The van der Waals surface area contributed by atoms with Crippen LogP contribution in [-0.4, -0.2) is 37.0 Å². The number of methoxy groups -OCH3 is 1. The van der Waals surface area contributed by atoms with E-state index in [4.69, 9.17) is 4.74 Å². The summed E-state index contributed by atoms with van der Waals surface area (Å²) >= 11 is 0. The van der Waals surface area contributed by atoms with Gasteiger partial charge in [-0.3, -0.25) is 0 Å². The molecule has 1 rings (SSSR count). The van der Waals surface area contributed by atoms with E-state index >= 15 is 0 Å². The molecule has 0 aromatic rings. The molecular formula is C12H25NO2. The van der Waals surface area contributed by atoms with Crippen molar-refractivity contribution in [1.29, 1.82) is 0 Å². The predicted molar refractivity (Wildman–Crippen MR) is 61.9 cm³/mol. The van der Waals surface area contributed by atoms with Gasteiger partial charge in [0, 0.05) is 26.3 Å². The number of nitrogens with one attached hydrogen (secondary N) is 1. The van der Waals surface area contributed by atoms with Crippen LogP contribution in [0.1, 0.15) is 39.5 Å². The second-order valence-corrected chi connectivity index (χ2v) is 5.09. The minimum Gasteiger partial charge on any atom is -0.389 e. The van der Waals surface area contributed by atoms with Gasteiger partial charge in [-0.25, -0.2) is 0 Å². The number of hydrogen-bond donors (Lipinski definition) is 2. The molecule has 0 spiro atoms. The molecule has 1 saturated carbocycles. The number of hydrogen-bond acceptors (Lipinski definition) is 3. The highest BCUT2D eigenvalue weighted by atomic mass is 16.5. The Bertz CT molecular complexity index is 178. The van der Waals surface area contributed by atoms with Gasteiger partial charge in [-0.1, -0.05) is 13.8 Å². The molecular weight excluding hydrogens is 190 g/mol. The monoisotopic (exact) mass is 215 g/mol. The van der Waals surface area contributed by atoms with Crippen LogP contribution in [0.25, 0.3) is 0 Å². The van der Waals surface area contributed by atoms with Crippen molar-refractivity contribution in [3.8, 4) is 0 Å². The zero-order chi connectivity index (χ0) is 11.3. The topological polar surface area (TPSA) is 41.5 Å². The molecule has 0 amide bonds. The molecule has 0 saturated heterocycles. The van der Waals surface area contributed by atoms with Gasteiger partial charge in [0.05, 0.1) is 5.60 Å². The van der Waals surface area contributed by atoms with Crippen molar-refractivity contribution in [2.75, 3.05) is 20.3 Å². The standard InChI is InChI=1S/C12H25NO2/c1-10(2)11(5-8-15-3)13-9-12(14)6-4-7-12/h10-11,13-14H,4-9H2,1-3H3. The Morgan fingerprint density at radius 3 is 2.47 bits per heavy atom. The highest BCUT2D eigenvalue weighted by Gasteiger charge is 2.34. The van der Waals surface area contributed by atoms with Gasteiger partial charge in [-0.05, 0) is 31.6 Å². The van der Waals surface area contributed by atoms with Gasteiger partial charge < -0.3 is 15.2 Å². The van der Waals surface area contributed by atoms with Gasteiger partial charge in [0.1, 0.15) is 0 Å². The molecule has 3 nitrogen and oxygen atoms in total. The number of rotatable bonds is 7. The van der Waals surface area contributed by atoms with Crippen LogP contribution in [0.3, 0.4) is 0 Å². The first kappa shape index (κ1) is 12.9. The van der Waals surface area contributed by atoms with Crippen LogP contribution >= 0.6 is 0 Å². The van der Waals surface area contributed by atoms with E-state index < -0.39 is 5.60 Å². The fraction of sp³-hybridized carbons (Fsp3) is 1.00. The molecule has 15 heavy (non-hydrogen) atoms. The number of ether oxygens (including phenoxy) is 1. The van der Waals surface area contributed by atoms with E-state index in [1.54, 1.807) is 7.11 Å². The highest BCUT2D eigenvalue weighted by Crippen LogP contribution is 2.30. The molecule has 1 aliphatic carbocycles. The van der Waals surface area contributed by atoms with Crippen molar-refractivity contribution in [1.82, 2.24) is 5.32 Å². The van der Waals surface area contributed by atoms with Crippen molar-refractivity contribution < 1.29 is 9.84 Å². The van der Waals surface area contributed by atoms with Crippen LogP contribution in [0.4, 0.5) is 0 Å². The molecule has 0 aromatic heterocycles. The van der Waals surface area contributed by atoms with Crippen LogP contribution in [0.15, 0.2) is 0 Å². The van der Waals surface area contributed by atoms with Crippen molar-refractivity contribution >= 4 is 0 Å². The molecule has 0 radical (unpaired) electrons. The SMILES string of the molecule is COCCC(NCC1(O)CCC1)C(C)C. The van der Waals surface area contributed by atoms with Crippen molar-refractivity contribution in [2.24, 2.45) is 5.92 Å². The van der Waals surface area contributed by atoms with E-state index in [2.05, 4.69) is 19.2 Å². The normalized spacial score (nSPS) is 21.4. The smallest absolute Gasteiger partial charge is 0.0771 e. The maximum Gasteiger partial charge on any atom is 0.0771 e. The third-order valence-corrected chi connectivity index (χ3v) is 3.42. The first-order valence-electron chi connectivity index (χ1n) is 6.02. The lowest BCUT2D eigenvalue weighted by atomic mass is 9.80. The molecule has 0 heterocycles. The van der Waals surface area contributed by atoms with Gasteiger partial charge in [0.2, 0.25) is 0 Å². The first-order chi connectivity index (χ1) is 7.07. The van der Waals surface area contributed by atoms with Gasteiger partial charge in [0.15, 0.2) is 0 Å². The molecule has 1 unspecified atom stereocenters. The maximum atomic E-state index is 9.97. The van der Waals surface area contributed by atoms with Crippen molar-refractivity contribution in [3.05, 3.63) is 0 Å². The summed E-state index contributed by atoms with van der Waals surface area (Å²) in [7, 11) is 1.73. The Kier molecular flexibility index (Phi) is 5.03. The summed E-state index contributed by atoms with van der Waals surface area (Å²) in [5.41, 5.74) is -0.416. The molecule has 1 fully saturated rings. The Morgan fingerprint density at radius 2 is 2.07 bits per heavy atom. The van der Waals surface area contributed by atoms with Gasteiger partial charge in [0.25, 0.3) is 0 Å². The maximum absolute atomic E-state index is 9.97. The summed E-state index contributed by atoms with van der Waals surface area (Å²) in [5, 5.41) is 13.4. The lowest BCUT2D eigenvalue weighted by Gasteiger charge is -2.38. The highest BCUT2D eigenvalue weighted by molar-refractivity contribution is 4.90. The molecule has 90 valence electrons. The van der Waals surface area contributed by atoms with Crippen molar-refractivity contribution in [2.45, 2.75) is 51.2 Å². The van der Waals surface area contributed by atoms with E-state index in [0.29, 0.717) is 12.0 Å². The largest absolute Gasteiger partial charge is 0.389 e. The van der Waals surface area contributed by atoms with Gasteiger partial charge >= 0.3 is 0 Å². The summed E-state index contributed by atoms with van der Waals surface area (Å²) in [6.07, 6.45) is 4.09. The van der Waals surface area contributed by atoms with Crippen LogP contribution in [0, 0.1) is 5.92 Å². The number of aliphatic hydroxyl groups is 1. The summed E-state index contributed by atoms with van der Waals surface area (Å²) in [5.74, 6) is 0.587. The molecule has 0 aromatic carbocycles. The minimum atomic E-state index is -0.416. The Hall–Kier alpha value is -0.120. The van der Waals surface area contributed by atoms with Crippen LogP contribution in [0.2, 0.25) is 0 Å². The molecule has 0 bridgehead atoms. The molecule has 0 aliphatic heterocycles. The quantitative estimate of drug-likeness (QED) is 0.677. The van der Waals surface area contributed by atoms with Crippen LogP contribution in [-0.2, 0) is 4.74 Å². The minimum absolute atomic E-state index is 0.416. The second kappa shape index (κ2) is 5.83. The molecule has 1 atom stereocenters. The lowest BCUT2D eigenvalue weighted by Crippen LogP contribution is -2.50. The van der Waals surface area contributed by atoms with Crippen LogP contribution in [0.5, 0.6) is 0 Å². The summed E-state index contributed by atoms with van der Waals surface area (Å²) in [6.45, 7) is 5.93. The fourth-order valence-electron chi connectivity index (χ4n) is 2.00. The fourth-order valence-corrected chi connectivity index (χ4v) is 2.00. The third-order valence-electron chi connectivity index (χ3n) is 3.42. The zero-order valence-corrected chi connectivity index (χ0v) is 10.3. The van der Waals surface area contributed by atoms with E-state index in [1.807, 2.05) is 0 Å². The Balaban J connectivity index is 2.24. The predicted octanol–water partition coefficient (Wildman–Crippen LogP) is 1.55. The van der Waals surface area contributed by atoms with E-state index in [0.717, 1.165) is 32.4 Å². The summed E-state index contributed by atoms with van der Waals surface area (Å²) in [4.78, 5) is 0. The Labute approximate surface area is 93.2 Å².